The highest BCUT2D eigenvalue weighted by molar-refractivity contribution is 7.80. The van der Waals surface area contributed by atoms with Gasteiger partial charge in [0, 0.05) is 5.56 Å². The Bertz CT molecular complexity index is 264. The van der Waals surface area contributed by atoms with E-state index in [-0.39, 0.29) is 0 Å². The Labute approximate surface area is 78.4 Å². The van der Waals surface area contributed by atoms with Crippen molar-refractivity contribution in [3.05, 3.63) is 35.4 Å². The number of rotatable bonds is 2. The molecule has 0 fully saturated rings. The van der Waals surface area contributed by atoms with E-state index in [1.54, 1.807) is 7.11 Å². The molecule has 1 rings (SSSR count). The van der Waals surface area contributed by atoms with Crippen molar-refractivity contribution in [2.75, 3.05) is 7.11 Å². The third-order valence-corrected chi connectivity index (χ3v) is 2.19. The molecule has 0 heterocycles. The van der Waals surface area contributed by atoms with Gasteiger partial charge in [0.1, 0.15) is 0 Å². The number of benzene rings is 1. The number of methoxy groups -OCH3 is 1. The highest BCUT2D eigenvalue weighted by Crippen LogP contribution is 2.06. The average molecular weight is 180 g/mol. The van der Waals surface area contributed by atoms with Crippen LogP contribution in [-0.2, 0) is 11.2 Å². The first-order valence-electron chi connectivity index (χ1n) is 3.95. The summed E-state index contributed by atoms with van der Waals surface area (Å²) in [4.78, 5) is 0. The van der Waals surface area contributed by atoms with Crippen LogP contribution in [0.3, 0.4) is 0 Å². The first kappa shape index (κ1) is 9.20. The molecule has 0 saturated heterocycles. The molecule has 0 aliphatic heterocycles. The van der Waals surface area contributed by atoms with E-state index in [1.807, 2.05) is 12.1 Å². The molecule has 0 unspecified atom stereocenters. The lowest BCUT2D eigenvalue weighted by Crippen LogP contribution is -1.98. The quantitative estimate of drug-likeness (QED) is 0.647. The minimum Gasteiger partial charge on any atom is -0.486 e. The highest BCUT2D eigenvalue weighted by atomic mass is 32.1. The van der Waals surface area contributed by atoms with E-state index in [4.69, 9.17) is 17.0 Å². The fourth-order valence-corrected chi connectivity index (χ4v) is 1.13. The van der Waals surface area contributed by atoms with E-state index in [0.29, 0.717) is 5.05 Å². The summed E-state index contributed by atoms with van der Waals surface area (Å²) in [5.41, 5.74) is 2.29. The summed E-state index contributed by atoms with van der Waals surface area (Å²) in [7, 11) is 1.59. The molecule has 1 aromatic rings. The van der Waals surface area contributed by atoms with Crippen molar-refractivity contribution in [1.82, 2.24) is 0 Å². The molecule has 0 aliphatic carbocycles. The van der Waals surface area contributed by atoms with Crippen LogP contribution in [0.2, 0.25) is 0 Å². The van der Waals surface area contributed by atoms with Crippen LogP contribution >= 0.6 is 12.2 Å². The van der Waals surface area contributed by atoms with Crippen molar-refractivity contribution >= 4 is 17.3 Å². The van der Waals surface area contributed by atoms with Crippen LogP contribution in [0.4, 0.5) is 0 Å². The van der Waals surface area contributed by atoms with Gasteiger partial charge in [0.25, 0.3) is 0 Å². The van der Waals surface area contributed by atoms with Crippen molar-refractivity contribution < 1.29 is 4.74 Å². The van der Waals surface area contributed by atoms with Gasteiger partial charge in [0.2, 0.25) is 0 Å². The predicted molar refractivity (Wildman–Crippen MR) is 54.5 cm³/mol. The van der Waals surface area contributed by atoms with Crippen LogP contribution in [0.1, 0.15) is 18.1 Å². The maximum absolute atomic E-state index is 4.98. The summed E-state index contributed by atoms with van der Waals surface area (Å²) in [5.74, 6) is 0. The van der Waals surface area contributed by atoms with E-state index in [2.05, 4.69) is 19.1 Å². The number of thiocarbonyl (C=S) groups is 1. The Morgan fingerprint density at radius 2 is 1.92 bits per heavy atom. The molecule has 64 valence electrons. The lowest BCUT2D eigenvalue weighted by molar-refractivity contribution is 0.416. The van der Waals surface area contributed by atoms with Crippen molar-refractivity contribution in [1.29, 1.82) is 0 Å². The van der Waals surface area contributed by atoms with Gasteiger partial charge in [0.05, 0.1) is 7.11 Å². The molecular weight excluding hydrogens is 168 g/mol. The molecule has 0 radical (unpaired) electrons. The van der Waals surface area contributed by atoms with Gasteiger partial charge < -0.3 is 4.74 Å². The molecule has 1 nitrogen and oxygen atoms in total. The van der Waals surface area contributed by atoms with E-state index in [9.17, 15) is 0 Å². The zero-order valence-electron chi connectivity index (χ0n) is 7.33. The molecule has 0 aliphatic rings. The lowest BCUT2D eigenvalue weighted by atomic mass is 10.1. The van der Waals surface area contributed by atoms with Crippen LogP contribution in [0.25, 0.3) is 0 Å². The minimum absolute atomic E-state index is 0.553. The van der Waals surface area contributed by atoms with E-state index >= 15 is 0 Å². The van der Waals surface area contributed by atoms with Gasteiger partial charge in [-0.3, -0.25) is 0 Å². The molecule has 0 bridgehead atoms. The number of hydrogen-bond acceptors (Lipinski definition) is 2. The largest absolute Gasteiger partial charge is 0.486 e. The van der Waals surface area contributed by atoms with Crippen LogP contribution in [0.15, 0.2) is 24.3 Å². The minimum atomic E-state index is 0.553. The number of hydrogen-bond donors (Lipinski definition) is 0. The third-order valence-electron chi connectivity index (χ3n) is 1.78. The summed E-state index contributed by atoms with van der Waals surface area (Å²) in [6.45, 7) is 2.13. The standard InChI is InChI=1S/C10H12OS/c1-3-8-4-6-9(7-5-8)10(12)11-2/h4-7H,3H2,1-2H3. The van der Waals surface area contributed by atoms with Gasteiger partial charge in [-0.1, -0.05) is 31.2 Å². The Hall–Kier alpha value is -0.890. The fourth-order valence-electron chi connectivity index (χ4n) is 0.994. The molecule has 2 heteroatoms. The Morgan fingerprint density at radius 3 is 2.33 bits per heavy atom. The van der Waals surface area contributed by atoms with Gasteiger partial charge in [-0.2, -0.15) is 0 Å². The Morgan fingerprint density at radius 1 is 1.33 bits per heavy atom. The van der Waals surface area contributed by atoms with Crippen molar-refractivity contribution in [3.63, 3.8) is 0 Å². The summed E-state index contributed by atoms with van der Waals surface area (Å²) >= 11 is 4.98. The fraction of sp³-hybridized carbons (Fsp3) is 0.300. The zero-order valence-corrected chi connectivity index (χ0v) is 8.15. The molecule has 0 aromatic heterocycles. The summed E-state index contributed by atoms with van der Waals surface area (Å²) in [5, 5.41) is 0.553. The first-order valence-corrected chi connectivity index (χ1v) is 4.36. The monoisotopic (exact) mass is 180 g/mol. The average Bonchev–Trinajstić information content (AvgIpc) is 2.17. The summed E-state index contributed by atoms with van der Waals surface area (Å²) < 4.78 is 4.94. The van der Waals surface area contributed by atoms with Crippen LogP contribution < -0.4 is 0 Å². The van der Waals surface area contributed by atoms with Crippen LogP contribution in [0.5, 0.6) is 0 Å². The highest BCUT2D eigenvalue weighted by Gasteiger charge is 1.98. The molecule has 0 spiro atoms. The summed E-state index contributed by atoms with van der Waals surface area (Å²) in [6, 6.07) is 8.12. The second-order valence-electron chi connectivity index (χ2n) is 2.54. The van der Waals surface area contributed by atoms with Gasteiger partial charge in [-0.25, -0.2) is 0 Å². The molecule has 1 aromatic carbocycles. The normalized spacial score (nSPS) is 9.50. The van der Waals surface area contributed by atoms with Gasteiger partial charge in [-0.15, -0.1) is 0 Å². The first-order chi connectivity index (χ1) is 5.77. The zero-order chi connectivity index (χ0) is 8.97. The lowest BCUT2D eigenvalue weighted by Gasteiger charge is -2.02. The van der Waals surface area contributed by atoms with Crippen molar-refractivity contribution in [2.24, 2.45) is 0 Å². The molecular formula is C10H12OS. The molecule has 0 atom stereocenters. The van der Waals surface area contributed by atoms with Crippen LogP contribution in [-0.4, -0.2) is 12.2 Å². The Kier molecular flexibility index (Phi) is 3.23. The second-order valence-corrected chi connectivity index (χ2v) is 2.91. The number of aryl methyl sites for hydroxylation is 1. The summed E-state index contributed by atoms with van der Waals surface area (Å²) in [6.07, 6.45) is 1.06. The molecule has 12 heavy (non-hydrogen) atoms. The van der Waals surface area contributed by atoms with E-state index in [0.717, 1.165) is 12.0 Å². The Balaban J connectivity index is 2.84. The number of ether oxygens (including phenoxy) is 1. The van der Waals surface area contributed by atoms with Gasteiger partial charge >= 0.3 is 0 Å². The van der Waals surface area contributed by atoms with Gasteiger partial charge in [0.15, 0.2) is 5.05 Å². The topological polar surface area (TPSA) is 9.23 Å². The second kappa shape index (κ2) is 4.21. The molecule has 0 N–H and O–H groups in total. The predicted octanol–water partition coefficient (Wildman–Crippen LogP) is 2.57. The maximum atomic E-state index is 4.98. The van der Waals surface area contributed by atoms with Crippen molar-refractivity contribution in [2.45, 2.75) is 13.3 Å². The van der Waals surface area contributed by atoms with Gasteiger partial charge in [-0.05, 0) is 24.2 Å². The molecule has 0 amide bonds. The smallest absolute Gasteiger partial charge is 0.190 e. The van der Waals surface area contributed by atoms with Crippen molar-refractivity contribution in [3.8, 4) is 0 Å². The maximum Gasteiger partial charge on any atom is 0.190 e. The van der Waals surface area contributed by atoms with Crippen LogP contribution in [0, 0.1) is 0 Å². The van der Waals surface area contributed by atoms with E-state index < -0.39 is 0 Å². The SMILES string of the molecule is CCc1ccc(C(=S)OC)cc1. The van der Waals surface area contributed by atoms with E-state index in [1.165, 1.54) is 5.56 Å². The third kappa shape index (κ3) is 2.05. The molecule has 0 saturated carbocycles.